The highest BCUT2D eigenvalue weighted by molar-refractivity contribution is 7.15. The summed E-state index contributed by atoms with van der Waals surface area (Å²) >= 11 is 1.26. The second-order valence-corrected chi connectivity index (χ2v) is 9.71. The first kappa shape index (κ1) is 24.8. The van der Waals surface area contributed by atoms with E-state index in [1.807, 2.05) is 13.0 Å². The molecule has 0 bridgehead atoms. The Kier molecular flexibility index (Phi) is 6.20. The summed E-state index contributed by atoms with van der Waals surface area (Å²) in [5.74, 6) is -0.119. The largest absolute Gasteiger partial charge is 0.465 e. The number of esters is 1. The van der Waals surface area contributed by atoms with Crippen molar-refractivity contribution in [3.05, 3.63) is 87.7 Å². The summed E-state index contributed by atoms with van der Waals surface area (Å²) < 4.78 is 44.1. The van der Waals surface area contributed by atoms with Crippen LogP contribution in [-0.4, -0.2) is 33.1 Å². The minimum absolute atomic E-state index is 0.0159. The summed E-state index contributed by atoms with van der Waals surface area (Å²) in [5, 5.41) is 14.9. The van der Waals surface area contributed by atoms with Crippen LogP contribution in [0.3, 0.4) is 0 Å². The van der Waals surface area contributed by atoms with Crippen LogP contribution in [0.2, 0.25) is 0 Å². The summed E-state index contributed by atoms with van der Waals surface area (Å²) in [4.78, 5) is 25.8. The maximum Gasteiger partial charge on any atom is 0.416 e. The van der Waals surface area contributed by atoms with E-state index in [0.717, 1.165) is 29.5 Å². The second kappa shape index (κ2) is 9.24. The number of aliphatic hydroxyl groups is 1. The molecular weight excluding hydrogens is 505 g/mol. The Balaban J connectivity index is 1.45. The zero-order valence-electron chi connectivity index (χ0n) is 19.8. The highest BCUT2D eigenvalue weighted by Crippen LogP contribution is 2.45. The molecule has 2 N–H and O–H groups in total. The average molecular weight is 527 g/mol. The van der Waals surface area contributed by atoms with E-state index in [1.165, 1.54) is 18.4 Å². The van der Waals surface area contributed by atoms with Crippen molar-refractivity contribution >= 4 is 28.9 Å². The van der Waals surface area contributed by atoms with Gasteiger partial charge in [-0.25, -0.2) is 19.7 Å². The molecule has 0 radical (unpaired) electrons. The molecule has 3 heterocycles. The maximum absolute atomic E-state index is 13.1. The van der Waals surface area contributed by atoms with Crippen LogP contribution in [0.15, 0.2) is 54.9 Å². The predicted octanol–water partition coefficient (Wildman–Crippen LogP) is 5.64. The molecule has 3 aromatic heterocycles. The summed E-state index contributed by atoms with van der Waals surface area (Å²) in [6, 6.07) is 10.5. The number of hydrogen-bond acceptors (Lipinski definition) is 8. The van der Waals surface area contributed by atoms with E-state index in [1.54, 1.807) is 30.5 Å². The number of anilines is 2. The van der Waals surface area contributed by atoms with E-state index < -0.39 is 23.3 Å². The van der Waals surface area contributed by atoms with E-state index in [2.05, 4.69) is 20.3 Å². The third kappa shape index (κ3) is 4.67. The lowest BCUT2D eigenvalue weighted by Crippen LogP contribution is -2.23. The number of rotatable bonds is 5. The number of hydrogen-bond donors (Lipinski definition) is 2. The van der Waals surface area contributed by atoms with Crippen molar-refractivity contribution in [1.82, 2.24) is 15.0 Å². The lowest BCUT2D eigenvalue weighted by Gasteiger charge is -2.21. The van der Waals surface area contributed by atoms with Gasteiger partial charge in [0.1, 0.15) is 22.2 Å². The van der Waals surface area contributed by atoms with Gasteiger partial charge < -0.3 is 15.2 Å². The summed E-state index contributed by atoms with van der Waals surface area (Å²) in [7, 11) is 1.32. The number of thiazole rings is 1. The molecule has 1 aromatic carbocycles. The van der Waals surface area contributed by atoms with Gasteiger partial charge in [0.25, 0.3) is 0 Å². The molecule has 1 unspecified atom stereocenters. The number of nitrogens with one attached hydrogen (secondary N) is 1. The number of aromatic nitrogens is 3. The molecule has 37 heavy (non-hydrogen) atoms. The van der Waals surface area contributed by atoms with Crippen LogP contribution in [0.5, 0.6) is 0 Å². The molecule has 0 saturated carbocycles. The molecule has 1 aliphatic carbocycles. The van der Waals surface area contributed by atoms with Gasteiger partial charge in [0, 0.05) is 12.4 Å². The first-order valence-electron chi connectivity index (χ1n) is 11.3. The first-order valence-corrected chi connectivity index (χ1v) is 12.1. The molecule has 0 spiro atoms. The van der Waals surface area contributed by atoms with Gasteiger partial charge in [-0.3, -0.25) is 0 Å². The molecule has 0 amide bonds. The third-order valence-electron chi connectivity index (χ3n) is 6.19. The normalized spacial score (nSPS) is 16.9. The lowest BCUT2D eigenvalue weighted by atomic mass is 9.95. The van der Waals surface area contributed by atoms with E-state index in [4.69, 9.17) is 4.74 Å². The van der Waals surface area contributed by atoms with Crippen LogP contribution in [0.4, 0.5) is 24.8 Å². The van der Waals surface area contributed by atoms with Gasteiger partial charge in [0.15, 0.2) is 0 Å². The molecular formula is C26H21F3N4O3S. The van der Waals surface area contributed by atoms with E-state index in [9.17, 15) is 23.1 Å². The second-order valence-electron chi connectivity index (χ2n) is 8.68. The van der Waals surface area contributed by atoms with Crippen LogP contribution in [-0.2, 0) is 22.9 Å². The number of carbonyl (C=O) groups is 1. The molecule has 5 rings (SSSR count). The summed E-state index contributed by atoms with van der Waals surface area (Å²) in [6.07, 6.45) is -0.942. The van der Waals surface area contributed by atoms with E-state index in [-0.39, 0.29) is 5.82 Å². The van der Waals surface area contributed by atoms with Crippen molar-refractivity contribution in [1.29, 1.82) is 0 Å². The summed E-state index contributed by atoms with van der Waals surface area (Å²) in [5.41, 5.74) is 0.964. The fourth-order valence-corrected chi connectivity index (χ4v) is 5.46. The zero-order chi connectivity index (χ0) is 26.4. The Morgan fingerprint density at radius 2 is 1.97 bits per heavy atom. The number of alkyl halides is 3. The quantitative estimate of drug-likeness (QED) is 0.325. The van der Waals surface area contributed by atoms with Crippen molar-refractivity contribution < 1.29 is 27.8 Å². The maximum atomic E-state index is 13.1. The number of nitrogens with zero attached hydrogens (tertiary/aromatic N) is 3. The molecule has 11 heteroatoms. The van der Waals surface area contributed by atoms with E-state index in [0.29, 0.717) is 45.4 Å². The Bertz CT molecular complexity index is 1500. The predicted molar refractivity (Wildman–Crippen MR) is 132 cm³/mol. The fourth-order valence-electron chi connectivity index (χ4n) is 4.46. The van der Waals surface area contributed by atoms with Crippen LogP contribution in [0.25, 0.3) is 10.6 Å². The Hall–Kier alpha value is -3.83. The number of fused-ring (bicyclic) bond motifs is 1. The highest BCUT2D eigenvalue weighted by atomic mass is 32.1. The molecule has 190 valence electrons. The molecule has 1 aliphatic rings. The SMILES string of the molecule is COC(=O)c1cccc2c1CCC2(O)c1ncc(-c2cc(C)cc(Nc3cc(C(F)(F)F)ccn3)n2)s1. The summed E-state index contributed by atoms with van der Waals surface area (Å²) in [6.45, 7) is 1.84. The van der Waals surface area contributed by atoms with Crippen LogP contribution in [0, 0.1) is 6.92 Å². The van der Waals surface area contributed by atoms with E-state index >= 15 is 0 Å². The Labute approximate surface area is 214 Å². The van der Waals surface area contributed by atoms with Crippen molar-refractivity contribution in [3.8, 4) is 10.6 Å². The van der Waals surface area contributed by atoms with Gasteiger partial charge in [-0.05, 0) is 66.8 Å². The number of aryl methyl sites for hydroxylation is 1. The average Bonchev–Trinajstić information content (AvgIpc) is 3.49. The number of benzene rings is 1. The molecule has 0 fully saturated rings. The van der Waals surface area contributed by atoms with Gasteiger partial charge in [0.2, 0.25) is 0 Å². The van der Waals surface area contributed by atoms with Crippen molar-refractivity contribution in [2.24, 2.45) is 0 Å². The molecule has 7 nitrogen and oxygen atoms in total. The highest BCUT2D eigenvalue weighted by Gasteiger charge is 2.42. The molecule has 1 atom stereocenters. The minimum atomic E-state index is -4.49. The van der Waals surface area contributed by atoms with Crippen LogP contribution < -0.4 is 5.32 Å². The van der Waals surface area contributed by atoms with Gasteiger partial charge >= 0.3 is 12.1 Å². The van der Waals surface area contributed by atoms with Crippen molar-refractivity contribution in [2.45, 2.75) is 31.5 Å². The molecule has 0 saturated heterocycles. The third-order valence-corrected chi connectivity index (χ3v) is 7.36. The Morgan fingerprint density at radius 3 is 2.73 bits per heavy atom. The van der Waals surface area contributed by atoms with Gasteiger partial charge in [0.05, 0.1) is 28.8 Å². The van der Waals surface area contributed by atoms with Crippen LogP contribution in [0.1, 0.15) is 44.0 Å². The topological polar surface area (TPSA) is 97.2 Å². The smallest absolute Gasteiger partial charge is 0.416 e. The van der Waals surface area contributed by atoms with Crippen molar-refractivity contribution in [2.75, 3.05) is 12.4 Å². The number of ether oxygens (including phenoxy) is 1. The van der Waals surface area contributed by atoms with Crippen LogP contribution >= 0.6 is 11.3 Å². The Morgan fingerprint density at radius 1 is 1.16 bits per heavy atom. The van der Waals surface area contributed by atoms with Gasteiger partial charge in [-0.2, -0.15) is 13.2 Å². The number of carbonyl (C=O) groups excluding carboxylic acids is 1. The molecule has 0 aliphatic heterocycles. The van der Waals surface area contributed by atoms with Gasteiger partial charge in [-0.15, -0.1) is 11.3 Å². The minimum Gasteiger partial charge on any atom is -0.465 e. The standard InChI is InChI=1S/C26H21F3N4O3S/c1-14-10-19(32-22(11-14)33-21-12-15(7-9-30-21)26(27,28)29)20-13-31-24(37-20)25(35)8-6-16-17(23(34)36-2)4-3-5-18(16)25/h3-5,7,9-13,35H,6,8H2,1-2H3,(H,30,32,33). The number of methoxy groups -OCH3 is 1. The van der Waals surface area contributed by atoms with Crippen molar-refractivity contribution in [3.63, 3.8) is 0 Å². The first-order chi connectivity index (χ1) is 17.6. The fraction of sp³-hybridized carbons (Fsp3) is 0.231. The number of pyridine rings is 2. The zero-order valence-corrected chi connectivity index (χ0v) is 20.6. The lowest BCUT2D eigenvalue weighted by molar-refractivity contribution is -0.137. The van der Waals surface area contributed by atoms with Gasteiger partial charge in [-0.1, -0.05) is 12.1 Å². The number of halogens is 3. The molecule has 4 aromatic rings. The monoisotopic (exact) mass is 526 g/mol.